The van der Waals surface area contributed by atoms with Gasteiger partial charge in [-0.25, -0.2) is 0 Å². The highest BCUT2D eigenvalue weighted by molar-refractivity contribution is 5.87. The van der Waals surface area contributed by atoms with Crippen LogP contribution in [0.2, 0.25) is 0 Å². The molecule has 4 rings (SSSR count). The van der Waals surface area contributed by atoms with Crippen molar-refractivity contribution in [1.82, 2.24) is 5.32 Å². The van der Waals surface area contributed by atoms with Gasteiger partial charge in [0.2, 0.25) is 0 Å². The van der Waals surface area contributed by atoms with Crippen LogP contribution in [0.5, 0.6) is 11.5 Å². The molecule has 0 radical (unpaired) electrons. The van der Waals surface area contributed by atoms with Crippen LogP contribution in [-0.2, 0) is 26.3 Å². The molecule has 0 atom stereocenters. The average Bonchev–Trinajstić information content (AvgIpc) is 3.42. The van der Waals surface area contributed by atoms with Crippen molar-refractivity contribution in [2.75, 3.05) is 19.8 Å². The van der Waals surface area contributed by atoms with E-state index in [0.29, 0.717) is 43.3 Å². The summed E-state index contributed by atoms with van der Waals surface area (Å²) < 4.78 is 21.8. The first-order valence-corrected chi connectivity index (χ1v) is 9.54. The summed E-state index contributed by atoms with van der Waals surface area (Å²) in [5, 5.41) is 2.68. The standard InChI is InChI=1S/C21H23NO6/c23-19(22-13-16-4-3-9-25-16)14-28-20(24)21(7-1-2-8-21)15-5-6-17-18(12-15)27-11-10-26-17/h3-6,9,12H,1-2,7-8,10-11,13-14H2,(H,22,23). The number of carbonyl (C=O) groups is 2. The maximum Gasteiger partial charge on any atom is 0.317 e. The van der Waals surface area contributed by atoms with Gasteiger partial charge in [-0.3, -0.25) is 9.59 Å². The molecule has 7 nitrogen and oxygen atoms in total. The highest BCUT2D eigenvalue weighted by atomic mass is 16.6. The number of nitrogens with one attached hydrogen (secondary N) is 1. The van der Waals surface area contributed by atoms with Crippen molar-refractivity contribution in [3.8, 4) is 11.5 Å². The zero-order chi connectivity index (χ0) is 19.4. The first-order chi connectivity index (χ1) is 13.7. The third-order valence-corrected chi connectivity index (χ3v) is 5.32. The number of fused-ring (bicyclic) bond motifs is 1. The van der Waals surface area contributed by atoms with Crippen LogP contribution in [0.15, 0.2) is 41.0 Å². The molecule has 1 aromatic heterocycles. The smallest absolute Gasteiger partial charge is 0.317 e. The van der Waals surface area contributed by atoms with Gasteiger partial charge in [-0.15, -0.1) is 0 Å². The van der Waals surface area contributed by atoms with Gasteiger partial charge in [-0.05, 0) is 42.7 Å². The van der Waals surface area contributed by atoms with E-state index in [1.807, 2.05) is 18.2 Å². The van der Waals surface area contributed by atoms with Crippen molar-refractivity contribution in [3.05, 3.63) is 47.9 Å². The molecular formula is C21H23NO6. The monoisotopic (exact) mass is 385 g/mol. The quantitative estimate of drug-likeness (QED) is 0.770. The normalized spacial score (nSPS) is 17.1. The molecule has 1 aliphatic heterocycles. The highest BCUT2D eigenvalue weighted by Crippen LogP contribution is 2.45. The fourth-order valence-corrected chi connectivity index (χ4v) is 3.85. The number of benzene rings is 1. The molecule has 1 aliphatic carbocycles. The van der Waals surface area contributed by atoms with Gasteiger partial charge in [0.25, 0.3) is 5.91 Å². The van der Waals surface area contributed by atoms with Gasteiger partial charge in [0.15, 0.2) is 18.1 Å². The number of ether oxygens (including phenoxy) is 3. The van der Waals surface area contributed by atoms with Crippen LogP contribution in [0, 0.1) is 0 Å². The first-order valence-electron chi connectivity index (χ1n) is 9.54. The average molecular weight is 385 g/mol. The van der Waals surface area contributed by atoms with E-state index in [1.165, 1.54) is 0 Å². The van der Waals surface area contributed by atoms with Crippen molar-refractivity contribution in [2.24, 2.45) is 0 Å². The van der Waals surface area contributed by atoms with Gasteiger partial charge in [-0.1, -0.05) is 18.9 Å². The number of furan rings is 1. The highest BCUT2D eigenvalue weighted by Gasteiger charge is 2.45. The molecule has 1 fully saturated rings. The zero-order valence-electron chi connectivity index (χ0n) is 15.6. The van der Waals surface area contributed by atoms with E-state index in [9.17, 15) is 9.59 Å². The van der Waals surface area contributed by atoms with Gasteiger partial charge < -0.3 is 23.9 Å². The van der Waals surface area contributed by atoms with E-state index in [2.05, 4.69) is 5.32 Å². The fourth-order valence-electron chi connectivity index (χ4n) is 3.85. The van der Waals surface area contributed by atoms with Crippen LogP contribution >= 0.6 is 0 Å². The van der Waals surface area contributed by atoms with Crippen LogP contribution < -0.4 is 14.8 Å². The topological polar surface area (TPSA) is 87.0 Å². The minimum atomic E-state index is -0.739. The van der Waals surface area contributed by atoms with E-state index in [0.717, 1.165) is 18.4 Å². The van der Waals surface area contributed by atoms with Crippen molar-refractivity contribution >= 4 is 11.9 Å². The Morgan fingerprint density at radius 2 is 1.86 bits per heavy atom. The van der Waals surface area contributed by atoms with E-state index < -0.39 is 5.41 Å². The van der Waals surface area contributed by atoms with Crippen LogP contribution in [-0.4, -0.2) is 31.7 Å². The fraction of sp³-hybridized carbons (Fsp3) is 0.429. The van der Waals surface area contributed by atoms with Crippen molar-refractivity contribution in [1.29, 1.82) is 0 Å². The molecule has 7 heteroatoms. The molecule has 0 saturated heterocycles. The molecule has 2 aliphatic rings. The Balaban J connectivity index is 1.42. The number of carbonyl (C=O) groups excluding carboxylic acids is 2. The Labute approximate surface area is 162 Å². The lowest BCUT2D eigenvalue weighted by atomic mass is 9.78. The molecule has 0 bridgehead atoms. The lowest BCUT2D eigenvalue weighted by Gasteiger charge is -2.28. The lowest BCUT2D eigenvalue weighted by molar-refractivity contribution is -0.154. The zero-order valence-corrected chi connectivity index (χ0v) is 15.6. The first kappa shape index (κ1) is 18.4. The number of hydrogen-bond acceptors (Lipinski definition) is 6. The van der Waals surface area contributed by atoms with E-state index >= 15 is 0 Å². The number of esters is 1. The third-order valence-electron chi connectivity index (χ3n) is 5.32. The summed E-state index contributed by atoms with van der Waals surface area (Å²) in [6.07, 6.45) is 4.81. The molecule has 1 aromatic carbocycles. The van der Waals surface area contributed by atoms with Crippen LogP contribution in [0.1, 0.15) is 37.0 Å². The molecule has 0 spiro atoms. The summed E-state index contributed by atoms with van der Waals surface area (Å²) in [7, 11) is 0. The summed E-state index contributed by atoms with van der Waals surface area (Å²) in [6.45, 7) is 0.957. The predicted octanol–water partition coefficient (Wildman–Crippen LogP) is 2.72. The summed E-state index contributed by atoms with van der Waals surface area (Å²) in [6, 6.07) is 9.13. The van der Waals surface area contributed by atoms with Crippen LogP contribution in [0.3, 0.4) is 0 Å². The van der Waals surface area contributed by atoms with E-state index in [-0.39, 0.29) is 25.0 Å². The Bertz CT molecular complexity index is 839. The maximum absolute atomic E-state index is 13.0. The summed E-state index contributed by atoms with van der Waals surface area (Å²) in [5.74, 6) is 1.26. The minimum absolute atomic E-state index is 0.261. The van der Waals surface area contributed by atoms with Crippen LogP contribution in [0.25, 0.3) is 0 Å². The predicted molar refractivity (Wildman–Crippen MR) is 99.1 cm³/mol. The SMILES string of the molecule is O=C(COC(=O)C1(c2ccc3c(c2)OCCO3)CCCC1)NCc1ccco1. The van der Waals surface area contributed by atoms with Gasteiger partial charge in [0.1, 0.15) is 19.0 Å². The van der Waals surface area contributed by atoms with E-state index in [1.54, 1.807) is 18.4 Å². The van der Waals surface area contributed by atoms with Gasteiger partial charge in [-0.2, -0.15) is 0 Å². The second-order valence-corrected chi connectivity index (χ2v) is 7.08. The van der Waals surface area contributed by atoms with Crippen molar-refractivity contribution < 1.29 is 28.2 Å². The molecule has 0 unspecified atom stereocenters. The second-order valence-electron chi connectivity index (χ2n) is 7.08. The van der Waals surface area contributed by atoms with Crippen molar-refractivity contribution in [3.63, 3.8) is 0 Å². The Morgan fingerprint density at radius 3 is 2.61 bits per heavy atom. The lowest BCUT2D eigenvalue weighted by Crippen LogP contribution is -2.37. The van der Waals surface area contributed by atoms with Gasteiger partial charge in [0, 0.05) is 0 Å². The summed E-state index contributed by atoms with van der Waals surface area (Å²) in [5.41, 5.74) is 0.118. The minimum Gasteiger partial charge on any atom is -0.486 e. The summed E-state index contributed by atoms with van der Waals surface area (Å²) in [4.78, 5) is 25.0. The van der Waals surface area contributed by atoms with Gasteiger partial charge >= 0.3 is 5.97 Å². The van der Waals surface area contributed by atoms with E-state index in [4.69, 9.17) is 18.6 Å². The molecule has 1 amide bonds. The maximum atomic E-state index is 13.0. The Kier molecular flexibility index (Phi) is 5.23. The summed E-state index contributed by atoms with van der Waals surface area (Å²) >= 11 is 0. The number of rotatable bonds is 6. The number of amides is 1. The molecule has 1 N–H and O–H groups in total. The third kappa shape index (κ3) is 3.69. The molecule has 2 heterocycles. The molecule has 2 aromatic rings. The van der Waals surface area contributed by atoms with Crippen molar-refractivity contribution in [2.45, 2.75) is 37.6 Å². The van der Waals surface area contributed by atoms with Crippen LogP contribution in [0.4, 0.5) is 0 Å². The molecule has 148 valence electrons. The number of hydrogen-bond donors (Lipinski definition) is 1. The molecular weight excluding hydrogens is 362 g/mol. The Morgan fingerprint density at radius 1 is 1.07 bits per heavy atom. The second kappa shape index (κ2) is 7.96. The Hall–Kier alpha value is -2.96. The largest absolute Gasteiger partial charge is 0.486 e. The molecule has 1 saturated carbocycles. The van der Waals surface area contributed by atoms with Gasteiger partial charge in [0.05, 0.1) is 18.2 Å². The molecule has 28 heavy (non-hydrogen) atoms.